The van der Waals surface area contributed by atoms with Gasteiger partial charge in [-0.25, -0.2) is 0 Å². The Labute approximate surface area is 122 Å². The number of aromatic amines is 1. The fraction of sp³-hybridized carbons (Fsp3) is 0.188. The lowest BCUT2D eigenvalue weighted by atomic mass is 10.0. The molecular weight excluding hydrogens is 266 g/mol. The number of nitrogens with two attached hydrogens (primary N) is 1. The second kappa shape index (κ2) is 5.36. The SMILES string of the molecule is CCc1ccc(-c2[nH]nc(N)c2-c2ccccc2OC)o1. The van der Waals surface area contributed by atoms with Gasteiger partial charge in [0.05, 0.1) is 12.7 Å². The zero-order chi connectivity index (χ0) is 14.8. The Morgan fingerprint density at radius 2 is 2.05 bits per heavy atom. The number of aromatic nitrogens is 2. The lowest BCUT2D eigenvalue weighted by Crippen LogP contribution is -1.92. The molecule has 3 aromatic rings. The molecule has 5 heteroatoms. The van der Waals surface area contributed by atoms with E-state index in [1.165, 1.54) is 0 Å². The van der Waals surface area contributed by atoms with Gasteiger partial charge in [-0.1, -0.05) is 25.1 Å². The van der Waals surface area contributed by atoms with Crippen molar-refractivity contribution in [3.8, 4) is 28.3 Å². The highest BCUT2D eigenvalue weighted by Crippen LogP contribution is 2.39. The van der Waals surface area contributed by atoms with E-state index < -0.39 is 0 Å². The lowest BCUT2D eigenvalue weighted by molar-refractivity contribution is 0.416. The maximum absolute atomic E-state index is 6.03. The molecule has 0 atom stereocenters. The highest BCUT2D eigenvalue weighted by Gasteiger charge is 2.19. The van der Waals surface area contributed by atoms with E-state index in [-0.39, 0.29) is 0 Å². The maximum atomic E-state index is 6.03. The van der Waals surface area contributed by atoms with Crippen molar-refractivity contribution < 1.29 is 9.15 Å². The Balaban J connectivity index is 2.17. The van der Waals surface area contributed by atoms with Crippen LogP contribution in [0.2, 0.25) is 0 Å². The second-order valence-corrected chi connectivity index (χ2v) is 4.68. The summed E-state index contributed by atoms with van der Waals surface area (Å²) in [5.74, 6) is 2.80. The molecule has 3 N–H and O–H groups in total. The molecule has 3 rings (SSSR count). The number of methoxy groups -OCH3 is 1. The number of benzene rings is 1. The van der Waals surface area contributed by atoms with Crippen molar-refractivity contribution in [1.82, 2.24) is 10.2 Å². The van der Waals surface area contributed by atoms with Crippen molar-refractivity contribution in [2.24, 2.45) is 0 Å². The average Bonchev–Trinajstić information content (AvgIpc) is 3.13. The fourth-order valence-electron chi connectivity index (χ4n) is 2.36. The first-order valence-electron chi connectivity index (χ1n) is 6.81. The largest absolute Gasteiger partial charge is 0.496 e. The third kappa shape index (κ3) is 2.27. The number of nitrogens with one attached hydrogen (secondary N) is 1. The van der Waals surface area contributed by atoms with Crippen molar-refractivity contribution in [1.29, 1.82) is 0 Å². The summed E-state index contributed by atoms with van der Waals surface area (Å²) >= 11 is 0. The average molecular weight is 283 g/mol. The van der Waals surface area contributed by atoms with Crippen LogP contribution in [0.3, 0.4) is 0 Å². The zero-order valence-corrected chi connectivity index (χ0v) is 12.0. The van der Waals surface area contributed by atoms with E-state index in [1.54, 1.807) is 7.11 Å². The van der Waals surface area contributed by atoms with Gasteiger partial charge in [0, 0.05) is 12.0 Å². The van der Waals surface area contributed by atoms with Gasteiger partial charge < -0.3 is 14.9 Å². The Bertz CT molecular complexity index is 758. The molecule has 0 amide bonds. The topological polar surface area (TPSA) is 77.1 Å². The van der Waals surface area contributed by atoms with E-state index in [4.69, 9.17) is 14.9 Å². The van der Waals surface area contributed by atoms with Crippen LogP contribution < -0.4 is 10.5 Å². The number of hydrogen-bond donors (Lipinski definition) is 2. The first-order chi connectivity index (χ1) is 10.2. The van der Waals surface area contributed by atoms with Crippen molar-refractivity contribution in [2.45, 2.75) is 13.3 Å². The molecule has 2 aromatic heterocycles. The number of nitrogens with zero attached hydrogens (tertiary/aromatic N) is 1. The van der Waals surface area contributed by atoms with Gasteiger partial charge in [-0.3, -0.25) is 5.10 Å². The van der Waals surface area contributed by atoms with Crippen molar-refractivity contribution in [3.63, 3.8) is 0 Å². The quantitative estimate of drug-likeness (QED) is 0.768. The van der Waals surface area contributed by atoms with Gasteiger partial charge in [0.2, 0.25) is 0 Å². The summed E-state index contributed by atoms with van der Waals surface area (Å²) in [6, 6.07) is 11.6. The van der Waals surface area contributed by atoms with Crippen LogP contribution in [0.5, 0.6) is 5.75 Å². The van der Waals surface area contributed by atoms with E-state index in [0.29, 0.717) is 5.82 Å². The Morgan fingerprint density at radius 3 is 2.76 bits per heavy atom. The molecule has 0 bridgehead atoms. The lowest BCUT2D eigenvalue weighted by Gasteiger charge is -2.08. The van der Waals surface area contributed by atoms with Crippen molar-refractivity contribution >= 4 is 5.82 Å². The van der Waals surface area contributed by atoms with E-state index in [1.807, 2.05) is 43.3 Å². The van der Waals surface area contributed by atoms with Crippen LogP contribution in [-0.4, -0.2) is 17.3 Å². The first kappa shape index (κ1) is 13.3. The molecule has 0 aliphatic heterocycles. The van der Waals surface area contributed by atoms with Crippen LogP contribution in [0, 0.1) is 0 Å². The molecule has 2 heterocycles. The smallest absolute Gasteiger partial charge is 0.154 e. The minimum absolute atomic E-state index is 0.420. The number of para-hydroxylation sites is 1. The molecule has 0 aliphatic rings. The Kier molecular flexibility index (Phi) is 3.39. The Morgan fingerprint density at radius 1 is 1.24 bits per heavy atom. The van der Waals surface area contributed by atoms with E-state index >= 15 is 0 Å². The third-order valence-corrected chi connectivity index (χ3v) is 3.43. The third-order valence-electron chi connectivity index (χ3n) is 3.43. The molecule has 5 nitrogen and oxygen atoms in total. The number of ether oxygens (including phenoxy) is 1. The number of rotatable bonds is 4. The summed E-state index contributed by atoms with van der Waals surface area (Å²) in [6.07, 6.45) is 0.841. The van der Waals surface area contributed by atoms with Crippen LogP contribution in [0.1, 0.15) is 12.7 Å². The summed E-state index contributed by atoms with van der Waals surface area (Å²) in [7, 11) is 1.64. The van der Waals surface area contributed by atoms with Crippen LogP contribution in [-0.2, 0) is 6.42 Å². The van der Waals surface area contributed by atoms with Crippen LogP contribution in [0.15, 0.2) is 40.8 Å². The highest BCUT2D eigenvalue weighted by atomic mass is 16.5. The number of furan rings is 1. The van der Waals surface area contributed by atoms with Gasteiger partial charge in [0.15, 0.2) is 11.6 Å². The second-order valence-electron chi connectivity index (χ2n) is 4.68. The van der Waals surface area contributed by atoms with Gasteiger partial charge in [0.1, 0.15) is 17.2 Å². The first-order valence-corrected chi connectivity index (χ1v) is 6.81. The van der Waals surface area contributed by atoms with Crippen molar-refractivity contribution in [3.05, 3.63) is 42.2 Å². The summed E-state index contributed by atoms with van der Waals surface area (Å²) in [5, 5.41) is 7.07. The molecule has 108 valence electrons. The molecule has 0 fully saturated rings. The molecule has 21 heavy (non-hydrogen) atoms. The van der Waals surface area contributed by atoms with Crippen LogP contribution in [0.25, 0.3) is 22.6 Å². The van der Waals surface area contributed by atoms with Crippen LogP contribution in [0.4, 0.5) is 5.82 Å². The minimum Gasteiger partial charge on any atom is -0.496 e. The van der Waals surface area contributed by atoms with E-state index in [0.717, 1.165) is 40.5 Å². The summed E-state index contributed by atoms with van der Waals surface area (Å²) in [4.78, 5) is 0. The zero-order valence-electron chi connectivity index (χ0n) is 12.0. The number of aryl methyl sites for hydroxylation is 1. The van der Waals surface area contributed by atoms with Crippen molar-refractivity contribution in [2.75, 3.05) is 12.8 Å². The molecular formula is C16H17N3O2. The highest BCUT2D eigenvalue weighted by molar-refractivity contribution is 5.89. The van der Waals surface area contributed by atoms with Gasteiger partial charge in [-0.2, -0.15) is 5.10 Å². The molecule has 0 saturated carbocycles. The normalized spacial score (nSPS) is 10.8. The molecule has 0 unspecified atom stereocenters. The minimum atomic E-state index is 0.420. The summed E-state index contributed by atoms with van der Waals surface area (Å²) in [5.41, 5.74) is 8.48. The predicted molar refractivity (Wildman–Crippen MR) is 82.1 cm³/mol. The monoisotopic (exact) mass is 283 g/mol. The van der Waals surface area contributed by atoms with Gasteiger partial charge >= 0.3 is 0 Å². The Hall–Kier alpha value is -2.69. The molecule has 0 aliphatic carbocycles. The molecule has 0 radical (unpaired) electrons. The van der Waals surface area contributed by atoms with Gasteiger partial charge in [0.25, 0.3) is 0 Å². The standard InChI is InChI=1S/C16H17N3O2/c1-3-10-8-9-13(21-10)15-14(16(17)19-18-15)11-6-4-5-7-12(11)20-2/h4-9H,3H2,1-2H3,(H3,17,18,19). The van der Waals surface area contributed by atoms with Crippen LogP contribution >= 0.6 is 0 Å². The summed E-state index contributed by atoms with van der Waals surface area (Å²) < 4.78 is 11.2. The van der Waals surface area contributed by atoms with Gasteiger partial charge in [-0.05, 0) is 18.2 Å². The fourth-order valence-corrected chi connectivity index (χ4v) is 2.36. The van der Waals surface area contributed by atoms with Gasteiger partial charge in [-0.15, -0.1) is 0 Å². The number of hydrogen-bond acceptors (Lipinski definition) is 4. The molecule has 0 saturated heterocycles. The summed E-state index contributed by atoms with van der Waals surface area (Å²) in [6.45, 7) is 2.05. The number of nitrogen functional groups attached to an aromatic ring is 1. The van der Waals surface area contributed by atoms with E-state index in [2.05, 4.69) is 10.2 Å². The number of anilines is 1. The van der Waals surface area contributed by atoms with E-state index in [9.17, 15) is 0 Å². The maximum Gasteiger partial charge on any atom is 0.154 e. The molecule has 0 spiro atoms. The molecule has 1 aromatic carbocycles. The number of H-pyrrole nitrogens is 1. The predicted octanol–water partition coefficient (Wildman–Crippen LogP) is 3.49.